The van der Waals surface area contributed by atoms with Crippen LogP contribution < -0.4 is 9.47 Å². The Morgan fingerprint density at radius 2 is 1.73 bits per heavy atom. The molecular weight excluding hydrogens is 380 g/mol. The second-order valence-electron chi connectivity index (χ2n) is 7.48. The molecule has 0 fully saturated rings. The minimum absolute atomic E-state index is 0.0188. The third-order valence-corrected chi connectivity index (χ3v) is 5.22. The normalized spacial score (nSPS) is 16.1. The number of methoxy groups -OCH3 is 2. The van der Waals surface area contributed by atoms with E-state index in [1.54, 1.807) is 31.6 Å². The molecule has 0 saturated heterocycles. The molecule has 1 amide bonds. The van der Waals surface area contributed by atoms with Crippen molar-refractivity contribution < 1.29 is 14.3 Å². The highest BCUT2D eigenvalue weighted by Gasteiger charge is 2.34. The van der Waals surface area contributed by atoms with Gasteiger partial charge in [-0.2, -0.15) is 5.10 Å². The van der Waals surface area contributed by atoms with Gasteiger partial charge >= 0.3 is 0 Å². The van der Waals surface area contributed by atoms with Gasteiger partial charge in [0.2, 0.25) is 5.91 Å². The Morgan fingerprint density at radius 1 is 1.00 bits per heavy atom. The van der Waals surface area contributed by atoms with Gasteiger partial charge in [-0.05, 0) is 35.9 Å². The predicted molar refractivity (Wildman–Crippen MR) is 115 cm³/mol. The molecule has 0 saturated carbocycles. The zero-order chi connectivity index (χ0) is 21.3. The van der Waals surface area contributed by atoms with Gasteiger partial charge in [-0.15, -0.1) is 0 Å². The SMILES string of the molecule is COc1ccc(C2=NN(C(=O)C(C)C)C(c3ccc4nccnc4c3)C2)cc1OC. The van der Waals surface area contributed by atoms with Gasteiger partial charge in [-0.3, -0.25) is 14.8 Å². The molecule has 4 rings (SSSR count). The second kappa shape index (κ2) is 8.10. The average Bonchev–Trinajstić information content (AvgIpc) is 3.23. The lowest BCUT2D eigenvalue weighted by Crippen LogP contribution is -2.30. The van der Waals surface area contributed by atoms with Crippen LogP contribution in [0.4, 0.5) is 0 Å². The Balaban J connectivity index is 1.73. The minimum Gasteiger partial charge on any atom is -0.493 e. The Hall–Kier alpha value is -3.48. The van der Waals surface area contributed by atoms with E-state index in [2.05, 4.69) is 9.97 Å². The Morgan fingerprint density at radius 3 is 2.43 bits per heavy atom. The summed E-state index contributed by atoms with van der Waals surface area (Å²) in [5.41, 5.74) is 4.33. The van der Waals surface area contributed by atoms with E-state index in [0.717, 1.165) is 27.9 Å². The van der Waals surface area contributed by atoms with Gasteiger partial charge in [0, 0.05) is 30.3 Å². The highest BCUT2D eigenvalue weighted by atomic mass is 16.5. The molecule has 0 aliphatic carbocycles. The van der Waals surface area contributed by atoms with Crippen LogP contribution in [0.2, 0.25) is 0 Å². The molecule has 30 heavy (non-hydrogen) atoms. The van der Waals surface area contributed by atoms with Crippen LogP contribution in [0, 0.1) is 5.92 Å². The van der Waals surface area contributed by atoms with E-state index in [1.165, 1.54) is 0 Å². The maximum absolute atomic E-state index is 12.9. The van der Waals surface area contributed by atoms with Crippen LogP contribution in [-0.2, 0) is 4.79 Å². The molecule has 1 unspecified atom stereocenters. The van der Waals surface area contributed by atoms with Crippen molar-refractivity contribution >= 4 is 22.7 Å². The number of hydrogen-bond acceptors (Lipinski definition) is 6. The van der Waals surface area contributed by atoms with Crippen molar-refractivity contribution in [2.24, 2.45) is 11.0 Å². The number of carbonyl (C=O) groups excluding carboxylic acids is 1. The molecule has 1 aliphatic rings. The number of carbonyl (C=O) groups is 1. The highest BCUT2D eigenvalue weighted by Crippen LogP contribution is 2.36. The van der Waals surface area contributed by atoms with E-state index in [1.807, 2.05) is 50.2 Å². The topological polar surface area (TPSA) is 76.9 Å². The first kappa shape index (κ1) is 19.8. The maximum Gasteiger partial charge on any atom is 0.245 e. The molecule has 0 radical (unpaired) electrons. The zero-order valence-electron chi connectivity index (χ0n) is 17.5. The van der Waals surface area contributed by atoms with E-state index in [-0.39, 0.29) is 17.9 Å². The van der Waals surface area contributed by atoms with Crippen molar-refractivity contribution in [1.82, 2.24) is 15.0 Å². The smallest absolute Gasteiger partial charge is 0.245 e. The summed E-state index contributed by atoms with van der Waals surface area (Å²) in [4.78, 5) is 21.7. The van der Waals surface area contributed by atoms with Crippen molar-refractivity contribution in [3.05, 3.63) is 59.9 Å². The maximum atomic E-state index is 12.9. The van der Waals surface area contributed by atoms with Crippen LogP contribution >= 0.6 is 0 Å². The van der Waals surface area contributed by atoms with Crippen molar-refractivity contribution in [3.63, 3.8) is 0 Å². The van der Waals surface area contributed by atoms with Crippen molar-refractivity contribution in [3.8, 4) is 11.5 Å². The highest BCUT2D eigenvalue weighted by molar-refractivity contribution is 6.03. The van der Waals surface area contributed by atoms with Crippen LogP contribution in [0.3, 0.4) is 0 Å². The fourth-order valence-corrected chi connectivity index (χ4v) is 3.62. The van der Waals surface area contributed by atoms with Crippen molar-refractivity contribution in [1.29, 1.82) is 0 Å². The fourth-order valence-electron chi connectivity index (χ4n) is 3.62. The van der Waals surface area contributed by atoms with E-state index in [4.69, 9.17) is 14.6 Å². The molecule has 0 bridgehead atoms. The Labute approximate surface area is 175 Å². The molecule has 154 valence electrons. The molecule has 1 aromatic heterocycles. The summed E-state index contributed by atoms with van der Waals surface area (Å²) in [6, 6.07) is 11.4. The molecule has 1 aliphatic heterocycles. The average molecular weight is 404 g/mol. The summed E-state index contributed by atoms with van der Waals surface area (Å²) in [5, 5.41) is 6.32. The Kier molecular flexibility index (Phi) is 5.35. The zero-order valence-corrected chi connectivity index (χ0v) is 17.5. The largest absolute Gasteiger partial charge is 0.493 e. The van der Waals surface area contributed by atoms with E-state index in [0.29, 0.717) is 17.9 Å². The number of fused-ring (bicyclic) bond motifs is 1. The molecule has 2 aromatic carbocycles. The lowest BCUT2D eigenvalue weighted by atomic mass is 9.97. The van der Waals surface area contributed by atoms with Crippen molar-refractivity contribution in [2.75, 3.05) is 14.2 Å². The number of aromatic nitrogens is 2. The first-order valence-corrected chi connectivity index (χ1v) is 9.85. The van der Waals surface area contributed by atoms with Gasteiger partial charge < -0.3 is 9.47 Å². The number of benzene rings is 2. The summed E-state index contributed by atoms with van der Waals surface area (Å²) in [6.07, 6.45) is 3.94. The van der Waals surface area contributed by atoms with Gasteiger partial charge in [0.15, 0.2) is 11.5 Å². The lowest BCUT2D eigenvalue weighted by molar-refractivity contribution is -0.136. The molecule has 0 spiro atoms. The molecule has 7 heteroatoms. The lowest BCUT2D eigenvalue weighted by Gasteiger charge is -2.23. The fraction of sp³-hybridized carbons (Fsp3) is 0.304. The van der Waals surface area contributed by atoms with Gasteiger partial charge in [0.05, 0.1) is 37.0 Å². The number of nitrogens with zero attached hydrogens (tertiary/aromatic N) is 4. The van der Waals surface area contributed by atoms with Crippen LogP contribution in [0.25, 0.3) is 11.0 Å². The monoisotopic (exact) mass is 404 g/mol. The summed E-state index contributed by atoms with van der Waals surface area (Å²) >= 11 is 0. The van der Waals surface area contributed by atoms with Gasteiger partial charge in [-0.25, -0.2) is 5.01 Å². The molecule has 7 nitrogen and oxygen atoms in total. The molecule has 2 heterocycles. The third-order valence-electron chi connectivity index (χ3n) is 5.22. The minimum atomic E-state index is -0.200. The number of amides is 1. The third kappa shape index (κ3) is 3.58. The predicted octanol–water partition coefficient (Wildman–Crippen LogP) is 3.98. The van der Waals surface area contributed by atoms with Crippen LogP contribution in [-0.4, -0.2) is 40.8 Å². The number of rotatable bonds is 5. The first-order valence-electron chi connectivity index (χ1n) is 9.85. The molecule has 0 N–H and O–H groups in total. The number of hydrazone groups is 1. The molecule has 3 aromatic rings. The summed E-state index contributed by atoms with van der Waals surface area (Å²) in [6.45, 7) is 3.77. The summed E-state index contributed by atoms with van der Waals surface area (Å²) in [5.74, 6) is 1.10. The standard InChI is InChI=1S/C23H24N4O3/c1-14(2)23(28)27-20(16-5-7-17-19(11-16)25-10-9-24-17)13-18(26-27)15-6-8-21(29-3)22(12-15)30-4/h5-12,14,20H,13H2,1-4H3. The van der Waals surface area contributed by atoms with E-state index >= 15 is 0 Å². The molecule has 1 atom stereocenters. The van der Waals surface area contributed by atoms with Crippen LogP contribution in [0.15, 0.2) is 53.9 Å². The summed E-state index contributed by atoms with van der Waals surface area (Å²) in [7, 11) is 3.21. The van der Waals surface area contributed by atoms with E-state index in [9.17, 15) is 4.79 Å². The summed E-state index contributed by atoms with van der Waals surface area (Å²) < 4.78 is 10.8. The first-order chi connectivity index (χ1) is 14.5. The quantitative estimate of drug-likeness (QED) is 0.643. The van der Waals surface area contributed by atoms with Crippen molar-refractivity contribution in [2.45, 2.75) is 26.3 Å². The Bertz CT molecular complexity index is 1130. The second-order valence-corrected chi connectivity index (χ2v) is 7.48. The van der Waals surface area contributed by atoms with Gasteiger partial charge in [0.25, 0.3) is 0 Å². The van der Waals surface area contributed by atoms with Gasteiger partial charge in [-0.1, -0.05) is 19.9 Å². The van der Waals surface area contributed by atoms with Crippen LogP contribution in [0.5, 0.6) is 11.5 Å². The van der Waals surface area contributed by atoms with E-state index < -0.39 is 0 Å². The van der Waals surface area contributed by atoms with Crippen LogP contribution in [0.1, 0.15) is 37.4 Å². The number of hydrogen-bond donors (Lipinski definition) is 0. The molecular formula is C23H24N4O3. The number of ether oxygens (including phenoxy) is 2. The van der Waals surface area contributed by atoms with Gasteiger partial charge in [0.1, 0.15) is 0 Å².